The van der Waals surface area contributed by atoms with Crippen molar-refractivity contribution in [3.05, 3.63) is 51.7 Å². The monoisotopic (exact) mass is 343 g/mol. The maximum absolute atomic E-state index is 12.6. The van der Waals surface area contributed by atoms with Crippen LogP contribution in [0.4, 0.5) is 5.69 Å². The summed E-state index contributed by atoms with van der Waals surface area (Å²) in [6, 6.07) is 11.0. The highest BCUT2D eigenvalue weighted by molar-refractivity contribution is 7.12. The SMILES string of the molecule is Cc1ccsc1C(=O)N1CCC(Nc2ccc(CCN)cc2)CC1. The van der Waals surface area contributed by atoms with Gasteiger partial charge in [0.05, 0.1) is 4.88 Å². The second kappa shape index (κ2) is 7.81. The first-order valence-corrected chi connectivity index (χ1v) is 9.44. The Morgan fingerprint density at radius 1 is 1.25 bits per heavy atom. The summed E-state index contributed by atoms with van der Waals surface area (Å²) < 4.78 is 0. The van der Waals surface area contributed by atoms with Crippen molar-refractivity contribution in [2.75, 3.05) is 25.0 Å². The quantitative estimate of drug-likeness (QED) is 0.876. The zero-order valence-corrected chi connectivity index (χ0v) is 14.9. The number of rotatable bonds is 5. The van der Waals surface area contributed by atoms with Gasteiger partial charge in [-0.1, -0.05) is 12.1 Å². The molecule has 1 fully saturated rings. The molecule has 0 spiro atoms. The van der Waals surface area contributed by atoms with Crippen LogP contribution in [-0.4, -0.2) is 36.5 Å². The molecule has 128 valence electrons. The molecular weight excluding hydrogens is 318 g/mol. The van der Waals surface area contributed by atoms with E-state index in [0.717, 1.165) is 48.5 Å². The van der Waals surface area contributed by atoms with E-state index in [4.69, 9.17) is 5.73 Å². The zero-order chi connectivity index (χ0) is 16.9. The van der Waals surface area contributed by atoms with Gasteiger partial charge in [0.2, 0.25) is 0 Å². The van der Waals surface area contributed by atoms with Crippen LogP contribution in [0.5, 0.6) is 0 Å². The number of hydrogen-bond acceptors (Lipinski definition) is 4. The maximum Gasteiger partial charge on any atom is 0.264 e. The van der Waals surface area contributed by atoms with Crippen LogP contribution in [0.3, 0.4) is 0 Å². The lowest BCUT2D eigenvalue weighted by atomic mass is 10.0. The van der Waals surface area contributed by atoms with E-state index < -0.39 is 0 Å². The first kappa shape index (κ1) is 17.0. The molecule has 1 aliphatic rings. The normalized spacial score (nSPS) is 15.5. The number of aryl methyl sites for hydroxylation is 1. The lowest BCUT2D eigenvalue weighted by molar-refractivity contribution is 0.0723. The minimum atomic E-state index is 0.187. The van der Waals surface area contributed by atoms with Crippen LogP contribution in [0, 0.1) is 6.92 Å². The summed E-state index contributed by atoms with van der Waals surface area (Å²) >= 11 is 1.54. The topological polar surface area (TPSA) is 58.4 Å². The molecule has 3 rings (SSSR count). The minimum absolute atomic E-state index is 0.187. The fourth-order valence-corrected chi connectivity index (χ4v) is 4.02. The van der Waals surface area contributed by atoms with Crippen molar-refractivity contribution in [2.45, 2.75) is 32.2 Å². The molecule has 1 aromatic heterocycles. The van der Waals surface area contributed by atoms with Crippen molar-refractivity contribution in [3.63, 3.8) is 0 Å². The summed E-state index contributed by atoms with van der Waals surface area (Å²) in [6.45, 7) is 4.33. The second-order valence-electron chi connectivity index (χ2n) is 6.38. The molecule has 0 unspecified atom stereocenters. The largest absolute Gasteiger partial charge is 0.382 e. The number of anilines is 1. The van der Waals surface area contributed by atoms with E-state index >= 15 is 0 Å². The molecule has 0 radical (unpaired) electrons. The Morgan fingerprint density at radius 3 is 2.54 bits per heavy atom. The standard InChI is InChI=1S/C19H25N3OS/c1-14-9-13-24-18(14)19(23)22-11-7-17(8-12-22)21-16-4-2-15(3-5-16)6-10-20/h2-5,9,13,17,21H,6-8,10-12,20H2,1H3. The Kier molecular flexibility index (Phi) is 5.53. The number of amides is 1. The average molecular weight is 343 g/mol. The van der Waals surface area contributed by atoms with E-state index in [0.29, 0.717) is 12.6 Å². The molecule has 0 atom stereocenters. The third-order valence-corrected chi connectivity index (χ3v) is 5.60. The molecule has 2 heterocycles. The van der Waals surface area contributed by atoms with Gasteiger partial charge in [0.15, 0.2) is 0 Å². The molecule has 1 aromatic carbocycles. The van der Waals surface area contributed by atoms with Crippen LogP contribution >= 0.6 is 11.3 Å². The minimum Gasteiger partial charge on any atom is -0.382 e. The van der Waals surface area contributed by atoms with Crippen LogP contribution in [-0.2, 0) is 6.42 Å². The predicted molar refractivity (Wildman–Crippen MR) is 101 cm³/mol. The summed E-state index contributed by atoms with van der Waals surface area (Å²) in [4.78, 5) is 15.4. The van der Waals surface area contributed by atoms with Gasteiger partial charge in [0, 0.05) is 24.8 Å². The number of nitrogens with two attached hydrogens (primary N) is 1. The van der Waals surface area contributed by atoms with Crippen LogP contribution in [0.1, 0.15) is 33.6 Å². The van der Waals surface area contributed by atoms with Crippen molar-refractivity contribution in [1.82, 2.24) is 4.90 Å². The molecule has 0 aliphatic carbocycles. The summed E-state index contributed by atoms with van der Waals surface area (Å²) in [5.74, 6) is 0.187. The third kappa shape index (κ3) is 3.97. The highest BCUT2D eigenvalue weighted by atomic mass is 32.1. The summed E-state index contributed by atoms with van der Waals surface area (Å²) in [5.41, 5.74) is 9.09. The fraction of sp³-hybridized carbons (Fsp3) is 0.421. The molecule has 0 saturated carbocycles. The van der Waals surface area contributed by atoms with E-state index in [9.17, 15) is 4.79 Å². The smallest absolute Gasteiger partial charge is 0.264 e. The Bertz CT molecular complexity index is 672. The molecule has 5 heteroatoms. The molecule has 1 aliphatic heterocycles. The van der Waals surface area contributed by atoms with E-state index in [1.807, 2.05) is 23.3 Å². The number of likely N-dealkylation sites (tertiary alicyclic amines) is 1. The first-order chi connectivity index (χ1) is 11.7. The van der Waals surface area contributed by atoms with Crippen LogP contribution < -0.4 is 11.1 Å². The number of nitrogens with one attached hydrogen (secondary N) is 1. The van der Waals surface area contributed by atoms with Gasteiger partial charge in [-0.3, -0.25) is 4.79 Å². The third-order valence-electron chi connectivity index (χ3n) is 4.60. The molecule has 1 amide bonds. The molecular formula is C19H25N3OS. The lowest BCUT2D eigenvalue weighted by Gasteiger charge is -2.33. The summed E-state index contributed by atoms with van der Waals surface area (Å²) in [5, 5.41) is 5.58. The molecule has 24 heavy (non-hydrogen) atoms. The Morgan fingerprint density at radius 2 is 1.96 bits per heavy atom. The van der Waals surface area contributed by atoms with Gasteiger partial charge < -0.3 is 16.0 Å². The van der Waals surface area contributed by atoms with E-state index in [-0.39, 0.29) is 5.91 Å². The Hall–Kier alpha value is -1.85. The number of thiophene rings is 1. The molecule has 4 nitrogen and oxygen atoms in total. The fourth-order valence-electron chi connectivity index (χ4n) is 3.13. The Labute approximate surface area is 147 Å². The zero-order valence-electron chi connectivity index (χ0n) is 14.1. The molecule has 2 aromatic rings. The summed E-state index contributed by atoms with van der Waals surface area (Å²) in [6.07, 6.45) is 2.89. The maximum atomic E-state index is 12.6. The number of piperidine rings is 1. The van der Waals surface area contributed by atoms with Crippen LogP contribution in [0.2, 0.25) is 0 Å². The highest BCUT2D eigenvalue weighted by Gasteiger charge is 2.25. The molecule has 0 bridgehead atoms. The number of benzene rings is 1. The average Bonchev–Trinajstić information content (AvgIpc) is 3.03. The Balaban J connectivity index is 1.51. The van der Waals surface area contributed by atoms with E-state index in [2.05, 4.69) is 29.6 Å². The number of nitrogens with zero attached hydrogens (tertiary/aromatic N) is 1. The van der Waals surface area contributed by atoms with E-state index in [1.165, 1.54) is 5.56 Å². The molecule has 3 N–H and O–H groups in total. The first-order valence-electron chi connectivity index (χ1n) is 8.56. The van der Waals surface area contributed by atoms with Crippen LogP contribution in [0.15, 0.2) is 35.7 Å². The van der Waals surface area contributed by atoms with Gasteiger partial charge in [0.1, 0.15) is 0 Å². The lowest BCUT2D eigenvalue weighted by Crippen LogP contribution is -2.42. The van der Waals surface area contributed by atoms with Crippen LogP contribution in [0.25, 0.3) is 0 Å². The second-order valence-corrected chi connectivity index (χ2v) is 7.30. The van der Waals surface area contributed by atoms with Gasteiger partial charge in [-0.05, 0) is 67.4 Å². The number of carbonyl (C=O) groups is 1. The van der Waals surface area contributed by atoms with Gasteiger partial charge in [-0.25, -0.2) is 0 Å². The van der Waals surface area contributed by atoms with Crippen molar-refractivity contribution in [2.24, 2.45) is 5.73 Å². The molecule has 1 saturated heterocycles. The predicted octanol–water partition coefficient (Wildman–Crippen LogP) is 3.27. The van der Waals surface area contributed by atoms with Gasteiger partial charge in [-0.2, -0.15) is 0 Å². The number of hydrogen-bond donors (Lipinski definition) is 2. The van der Waals surface area contributed by atoms with E-state index in [1.54, 1.807) is 11.3 Å². The van der Waals surface area contributed by atoms with Crippen molar-refractivity contribution in [3.8, 4) is 0 Å². The van der Waals surface area contributed by atoms with Gasteiger partial charge in [-0.15, -0.1) is 11.3 Å². The summed E-state index contributed by atoms with van der Waals surface area (Å²) in [7, 11) is 0. The van der Waals surface area contributed by atoms with Gasteiger partial charge in [0.25, 0.3) is 5.91 Å². The number of carbonyl (C=O) groups excluding carboxylic acids is 1. The van der Waals surface area contributed by atoms with Crippen molar-refractivity contribution < 1.29 is 4.79 Å². The highest BCUT2D eigenvalue weighted by Crippen LogP contribution is 2.22. The van der Waals surface area contributed by atoms with Gasteiger partial charge >= 0.3 is 0 Å². The van der Waals surface area contributed by atoms with Crippen molar-refractivity contribution >= 4 is 22.9 Å². The van der Waals surface area contributed by atoms with Crippen molar-refractivity contribution in [1.29, 1.82) is 0 Å².